The standard InChI is InChI=1S/C22H18BrNS/c1-17-6-5-7-18(16-17)22(24-20-8-3-2-4-9-20)14-15-25-21-12-10-19(23)11-13-21/h2-16H,1H3. The van der Waals surface area contributed by atoms with Crippen molar-refractivity contribution in [2.45, 2.75) is 11.8 Å². The summed E-state index contributed by atoms with van der Waals surface area (Å²) in [5, 5.41) is 2.09. The van der Waals surface area contributed by atoms with Crippen molar-refractivity contribution < 1.29 is 0 Å². The van der Waals surface area contributed by atoms with E-state index in [2.05, 4.69) is 82.9 Å². The molecule has 25 heavy (non-hydrogen) atoms. The molecule has 0 fully saturated rings. The Bertz CT molecular complexity index is 883. The van der Waals surface area contributed by atoms with Crippen LogP contribution in [0.4, 0.5) is 5.69 Å². The van der Waals surface area contributed by atoms with Crippen LogP contribution in [0.25, 0.3) is 0 Å². The second-order valence-electron chi connectivity index (χ2n) is 5.58. The number of thioether (sulfide) groups is 1. The second kappa shape index (κ2) is 8.84. The van der Waals surface area contributed by atoms with Crippen LogP contribution in [-0.4, -0.2) is 5.71 Å². The van der Waals surface area contributed by atoms with Gasteiger partial charge in [-0.1, -0.05) is 69.7 Å². The summed E-state index contributed by atoms with van der Waals surface area (Å²) in [6, 6.07) is 26.8. The van der Waals surface area contributed by atoms with E-state index in [9.17, 15) is 0 Å². The van der Waals surface area contributed by atoms with Crippen molar-refractivity contribution in [2.75, 3.05) is 0 Å². The summed E-state index contributed by atoms with van der Waals surface area (Å²) in [4.78, 5) is 6.02. The molecule has 0 N–H and O–H groups in total. The average Bonchev–Trinajstić information content (AvgIpc) is 2.63. The Morgan fingerprint density at radius 3 is 2.40 bits per heavy atom. The molecule has 0 amide bonds. The minimum atomic E-state index is 0.956. The van der Waals surface area contributed by atoms with Crippen LogP contribution < -0.4 is 0 Å². The van der Waals surface area contributed by atoms with Crippen LogP contribution in [0, 0.1) is 6.92 Å². The van der Waals surface area contributed by atoms with Crippen molar-refractivity contribution >= 4 is 39.1 Å². The fraction of sp³-hybridized carbons (Fsp3) is 0.0455. The van der Waals surface area contributed by atoms with Gasteiger partial charge in [0.15, 0.2) is 0 Å². The maximum atomic E-state index is 4.82. The van der Waals surface area contributed by atoms with Crippen LogP contribution in [0.15, 0.2) is 105 Å². The molecule has 1 nitrogen and oxygen atoms in total. The van der Waals surface area contributed by atoms with E-state index < -0.39 is 0 Å². The van der Waals surface area contributed by atoms with Gasteiger partial charge in [-0.15, -0.1) is 0 Å². The molecule has 0 aromatic heterocycles. The number of aryl methyl sites for hydroxylation is 1. The highest BCUT2D eigenvalue weighted by molar-refractivity contribution is 9.10. The molecule has 0 aliphatic rings. The van der Waals surface area contributed by atoms with Crippen molar-refractivity contribution in [1.29, 1.82) is 0 Å². The number of para-hydroxylation sites is 1. The second-order valence-corrected chi connectivity index (χ2v) is 7.47. The molecular formula is C22H18BrNS. The molecule has 0 bridgehead atoms. The Kier molecular flexibility index (Phi) is 6.26. The summed E-state index contributed by atoms with van der Waals surface area (Å²) < 4.78 is 1.09. The summed E-state index contributed by atoms with van der Waals surface area (Å²) in [5.74, 6) is 0. The quantitative estimate of drug-likeness (QED) is 0.322. The Hall–Kier alpha value is -2.10. The molecule has 0 atom stereocenters. The van der Waals surface area contributed by atoms with Gasteiger partial charge in [0.1, 0.15) is 0 Å². The number of aliphatic imine (C=N–C) groups is 1. The van der Waals surface area contributed by atoms with Crippen LogP contribution in [0.5, 0.6) is 0 Å². The van der Waals surface area contributed by atoms with E-state index >= 15 is 0 Å². The number of nitrogens with zero attached hydrogens (tertiary/aromatic N) is 1. The molecular weight excluding hydrogens is 390 g/mol. The van der Waals surface area contributed by atoms with Crippen molar-refractivity contribution in [3.63, 3.8) is 0 Å². The fourth-order valence-electron chi connectivity index (χ4n) is 2.33. The Morgan fingerprint density at radius 1 is 0.920 bits per heavy atom. The van der Waals surface area contributed by atoms with Crippen molar-refractivity contribution in [2.24, 2.45) is 4.99 Å². The SMILES string of the molecule is Cc1cccc(C(C=CSc2ccc(Br)cc2)=Nc2ccccc2)c1. The minimum absolute atomic E-state index is 0.956. The Balaban J connectivity index is 1.87. The van der Waals surface area contributed by atoms with Crippen LogP contribution in [0.2, 0.25) is 0 Å². The molecule has 3 rings (SSSR count). The Labute approximate surface area is 161 Å². The van der Waals surface area contributed by atoms with Gasteiger partial charge in [-0.3, -0.25) is 0 Å². The van der Waals surface area contributed by atoms with E-state index in [-0.39, 0.29) is 0 Å². The molecule has 3 aromatic rings. The van der Waals surface area contributed by atoms with E-state index in [1.165, 1.54) is 10.5 Å². The third-order valence-electron chi connectivity index (χ3n) is 3.56. The lowest BCUT2D eigenvalue weighted by Gasteiger charge is -2.04. The molecule has 0 radical (unpaired) electrons. The topological polar surface area (TPSA) is 12.4 Å². The van der Waals surface area contributed by atoms with Gasteiger partial charge < -0.3 is 0 Å². The maximum Gasteiger partial charge on any atom is 0.0714 e. The van der Waals surface area contributed by atoms with Gasteiger partial charge in [0.2, 0.25) is 0 Å². The summed E-state index contributed by atoms with van der Waals surface area (Å²) in [5.41, 5.74) is 4.26. The lowest BCUT2D eigenvalue weighted by atomic mass is 10.1. The van der Waals surface area contributed by atoms with Crippen molar-refractivity contribution in [3.05, 3.63) is 106 Å². The summed E-state index contributed by atoms with van der Waals surface area (Å²) in [7, 11) is 0. The predicted octanol–water partition coefficient (Wildman–Crippen LogP) is 7.18. The first-order valence-corrected chi connectivity index (χ1v) is 9.67. The number of rotatable bonds is 5. The third-order valence-corrected chi connectivity index (χ3v) is 4.91. The van der Waals surface area contributed by atoms with Crippen LogP contribution in [-0.2, 0) is 0 Å². The lowest BCUT2D eigenvalue weighted by Crippen LogP contribution is -1.96. The van der Waals surface area contributed by atoms with E-state index in [1.54, 1.807) is 11.8 Å². The van der Waals surface area contributed by atoms with Gasteiger partial charge in [-0.25, -0.2) is 4.99 Å². The van der Waals surface area contributed by atoms with Crippen molar-refractivity contribution in [3.8, 4) is 0 Å². The number of allylic oxidation sites excluding steroid dienone is 1. The van der Waals surface area contributed by atoms with Gasteiger partial charge in [-0.2, -0.15) is 0 Å². The summed E-state index contributed by atoms with van der Waals surface area (Å²) >= 11 is 5.15. The smallest absolute Gasteiger partial charge is 0.0714 e. The first-order valence-electron chi connectivity index (χ1n) is 8.00. The molecule has 0 aliphatic carbocycles. The lowest BCUT2D eigenvalue weighted by molar-refractivity contribution is 1.44. The minimum Gasteiger partial charge on any atom is -0.248 e. The number of hydrogen-bond acceptors (Lipinski definition) is 2. The number of halogens is 1. The zero-order chi connectivity index (χ0) is 17.5. The highest BCUT2D eigenvalue weighted by Gasteiger charge is 2.01. The molecule has 0 saturated heterocycles. The number of hydrogen-bond donors (Lipinski definition) is 0. The van der Waals surface area contributed by atoms with Crippen molar-refractivity contribution in [1.82, 2.24) is 0 Å². The summed E-state index contributed by atoms with van der Waals surface area (Å²) in [6.45, 7) is 2.10. The molecule has 0 saturated carbocycles. The molecule has 0 heterocycles. The van der Waals surface area contributed by atoms with Gasteiger partial charge in [0.05, 0.1) is 11.4 Å². The van der Waals surface area contributed by atoms with E-state index in [0.717, 1.165) is 21.4 Å². The maximum absolute atomic E-state index is 4.82. The highest BCUT2D eigenvalue weighted by atomic mass is 79.9. The van der Waals surface area contributed by atoms with Gasteiger partial charge >= 0.3 is 0 Å². The Morgan fingerprint density at radius 2 is 1.68 bits per heavy atom. The molecule has 3 aromatic carbocycles. The van der Waals surface area contributed by atoms with Gasteiger partial charge in [0, 0.05) is 14.9 Å². The normalized spacial score (nSPS) is 11.8. The molecule has 0 aliphatic heterocycles. The predicted molar refractivity (Wildman–Crippen MR) is 113 cm³/mol. The molecule has 0 spiro atoms. The average molecular weight is 408 g/mol. The highest BCUT2D eigenvalue weighted by Crippen LogP contribution is 2.22. The van der Waals surface area contributed by atoms with E-state index in [4.69, 9.17) is 4.99 Å². The first-order chi connectivity index (χ1) is 12.2. The van der Waals surface area contributed by atoms with Gasteiger partial charge in [0.25, 0.3) is 0 Å². The molecule has 0 unspecified atom stereocenters. The van der Waals surface area contributed by atoms with Crippen LogP contribution in [0.3, 0.4) is 0 Å². The molecule has 124 valence electrons. The van der Waals surface area contributed by atoms with E-state index in [1.807, 2.05) is 30.3 Å². The van der Waals surface area contributed by atoms with E-state index in [0.29, 0.717) is 0 Å². The zero-order valence-electron chi connectivity index (χ0n) is 13.9. The zero-order valence-corrected chi connectivity index (χ0v) is 16.3. The van der Waals surface area contributed by atoms with Crippen LogP contribution in [0.1, 0.15) is 11.1 Å². The summed E-state index contributed by atoms with van der Waals surface area (Å²) in [6.07, 6.45) is 2.08. The fourth-order valence-corrected chi connectivity index (χ4v) is 3.25. The number of benzene rings is 3. The van der Waals surface area contributed by atoms with Crippen LogP contribution >= 0.6 is 27.7 Å². The monoisotopic (exact) mass is 407 g/mol. The third kappa shape index (κ3) is 5.45. The molecule has 3 heteroatoms. The van der Waals surface area contributed by atoms with Gasteiger partial charge in [-0.05, 0) is 60.9 Å². The largest absolute Gasteiger partial charge is 0.248 e. The first kappa shape index (κ1) is 17.7.